The standard InChI is InChI=1S/C27H37N3O4S/c1-20(2)7-6-8-23-9-10-27-25(15-23)34-26(18-29(5)17-24-11-13-28-14-12-24)21(3)16-30(22(4)19-31)35(27,32)33/h9-15,20-22,26,31H,7,16-19H2,1-5H3/t21-,22-,26+/m1/s1. The molecule has 0 bridgehead atoms. The van der Waals surface area contributed by atoms with Crippen molar-refractivity contribution in [2.75, 3.05) is 26.7 Å². The normalized spacial score (nSPS) is 20.8. The molecule has 1 aromatic carbocycles. The molecule has 0 aliphatic carbocycles. The molecule has 1 aromatic heterocycles. The first kappa shape index (κ1) is 27.2. The molecule has 2 heterocycles. The van der Waals surface area contributed by atoms with Crippen LogP contribution in [0.25, 0.3) is 0 Å². The number of aliphatic hydroxyl groups is 1. The lowest BCUT2D eigenvalue weighted by Crippen LogP contribution is -2.49. The van der Waals surface area contributed by atoms with Crippen LogP contribution in [0.3, 0.4) is 0 Å². The van der Waals surface area contributed by atoms with Gasteiger partial charge in [-0.15, -0.1) is 0 Å². The van der Waals surface area contributed by atoms with Gasteiger partial charge in [-0.1, -0.05) is 32.6 Å². The number of ether oxygens (including phenoxy) is 1. The van der Waals surface area contributed by atoms with Gasteiger partial charge in [0.05, 0.1) is 6.61 Å². The van der Waals surface area contributed by atoms with Crippen LogP contribution in [0.15, 0.2) is 47.6 Å². The third-order valence-electron chi connectivity index (χ3n) is 6.10. The zero-order valence-corrected chi connectivity index (χ0v) is 22.1. The van der Waals surface area contributed by atoms with Crippen LogP contribution in [-0.2, 0) is 16.6 Å². The third-order valence-corrected chi connectivity index (χ3v) is 8.12. The van der Waals surface area contributed by atoms with E-state index in [-0.39, 0.29) is 30.1 Å². The lowest BCUT2D eigenvalue weighted by atomic mass is 10.0. The highest BCUT2D eigenvalue weighted by Gasteiger charge is 2.38. The summed E-state index contributed by atoms with van der Waals surface area (Å²) in [6.45, 7) is 9.26. The van der Waals surface area contributed by atoms with Gasteiger partial charge in [-0.25, -0.2) is 8.42 Å². The molecule has 190 valence electrons. The second-order valence-electron chi connectivity index (χ2n) is 9.85. The van der Waals surface area contributed by atoms with E-state index in [2.05, 4.69) is 35.6 Å². The van der Waals surface area contributed by atoms with E-state index in [9.17, 15) is 13.5 Å². The van der Waals surface area contributed by atoms with Gasteiger partial charge in [0.25, 0.3) is 0 Å². The van der Waals surface area contributed by atoms with Crippen LogP contribution in [0.2, 0.25) is 0 Å². The summed E-state index contributed by atoms with van der Waals surface area (Å²) in [6.07, 6.45) is 4.05. The summed E-state index contributed by atoms with van der Waals surface area (Å²) in [5.74, 6) is 6.96. The van der Waals surface area contributed by atoms with Crippen LogP contribution in [0.4, 0.5) is 0 Å². The zero-order chi connectivity index (χ0) is 25.6. The Labute approximate surface area is 210 Å². The molecular formula is C27H37N3O4S. The highest BCUT2D eigenvalue weighted by atomic mass is 32.2. The van der Waals surface area contributed by atoms with Gasteiger partial charge in [-0.2, -0.15) is 4.31 Å². The molecule has 8 heteroatoms. The second kappa shape index (κ2) is 12.0. The van der Waals surface area contributed by atoms with E-state index in [1.54, 1.807) is 37.5 Å². The predicted octanol–water partition coefficient (Wildman–Crippen LogP) is 3.38. The van der Waals surface area contributed by atoms with Crippen LogP contribution < -0.4 is 4.74 Å². The second-order valence-corrected chi connectivity index (χ2v) is 11.7. The average molecular weight is 500 g/mol. The molecule has 1 N–H and O–H groups in total. The molecule has 0 saturated heterocycles. The first-order valence-corrected chi connectivity index (χ1v) is 13.6. The van der Waals surface area contributed by atoms with Gasteiger partial charge in [0.1, 0.15) is 16.7 Å². The van der Waals surface area contributed by atoms with Crippen molar-refractivity contribution in [2.24, 2.45) is 11.8 Å². The molecule has 0 fully saturated rings. The van der Waals surface area contributed by atoms with Gasteiger partial charge < -0.3 is 9.84 Å². The van der Waals surface area contributed by atoms with E-state index in [1.165, 1.54) is 4.31 Å². The number of fused-ring (bicyclic) bond motifs is 1. The molecule has 0 amide bonds. The Morgan fingerprint density at radius 3 is 2.60 bits per heavy atom. The number of pyridine rings is 1. The maximum absolute atomic E-state index is 13.6. The van der Waals surface area contributed by atoms with Crippen LogP contribution >= 0.6 is 0 Å². The SMILES string of the molecule is CC(C)CC#Cc1ccc2c(c1)O[C@@H](CN(C)Cc1ccncc1)[C@H](C)CN([C@H](C)CO)S2(=O)=O. The Morgan fingerprint density at radius 1 is 1.23 bits per heavy atom. The van der Waals surface area contributed by atoms with Crippen LogP contribution in [-0.4, -0.2) is 66.6 Å². The molecule has 3 atom stereocenters. The molecule has 1 aliphatic heterocycles. The summed E-state index contributed by atoms with van der Waals surface area (Å²) >= 11 is 0. The van der Waals surface area contributed by atoms with Crippen molar-refractivity contribution in [3.63, 3.8) is 0 Å². The van der Waals surface area contributed by atoms with Crippen molar-refractivity contribution >= 4 is 10.0 Å². The Kier molecular flexibility index (Phi) is 9.31. The summed E-state index contributed by atoms with van der Waals surface area (Å²) in [4.78, 5) is 6.35. The Balaban J connectivity index is 1.97. The highest BCUT2D eigenvalue weighted by Crippen LogP contribution is 2.34. The summed E-state index contributed by atoms with van der Waals surface area (Å²) in [5.41, 5.74) is 1.86. The number of sulfonamides is 1. The van der Waals surface area contributed by atoms with Crippen LogP contribution in [0.5, 0.6) is 5.75 Å². The molecule has 3 rings (SSSR count). The number of aliphatic hydroxyl groups excluding tert-OH is 1. The fourth-order valence-corrected chi connectivity index (χ4v) is 5.88. The van der Waals surface area contributed by atoms with Gasteiger partial charge in [-0.3, -0.25) is 9.88 Å². The highest BCUT2D eigenvalue weighted by molar-refractivity contribution is 7.89. The fraction of sp³-hybridized carbons (Fsp3) is 0.519. The fourth-order valence-electron chi connectivity index (χ4n) is 4.05. The molecule has 0 saturated carbocycles. The van der Waals surface area contributed by atoms with Crippen molar-refractivity contribution in [2.45, 2.75) is 57.7 Å². The van der Waals surface area contributed by atoms with Gasteiger partial charge >= 0.3 is 0 Å². The minimum Gasteiger partial charge on any atom is -0.487 e. The molecule has 1 aliphatic rings. The third kappa shape index (κ3) is 7.05. The van der Waals surface area contributed by atoms with E-state index in [0.29, 0.717) is 18.2 Å². The van der Waals surface area contributed by atoms with Crippen LogP contribution in [0, 0.1) is 23.7 Å². The van der Waals surface area contributed by atoms with Crippen molar-refractivity contribution in [3.05, 3.63) is 53.9 Å². The van der Waals surface area contributed by atoms with Crippen molar-refractivity contribution in [3.8, 4) is 17.6 Å². The van der Waals surface area contributed by atoms with E-state index in [4.69, 9.17) is 4.74 Å². The summed E-state index contributed by atoms with van der Waals surface area (Å²) in [6, 6.07) is 8.45. The number of rotatable bonds is 7. The lowest BCUT2D eigenvalue weighted by Gasteiger charge is -2.37. The molecule has 0 radical (unpaired) electrons. The van der Waals surface area contributed by atoms with E-state index < -0.39 is 16.1 Å². The van der Waals surface area contributed by atoms with Crippen molar-refractivity contribution in [1.29, 1.82) is 0 Å². The van der Waals surface area contributed by atoms with Crippen molar-refractivity contribution in [1.82, 2.24) is 14.2 Å². The molecule has 7 nitrogen and oxygen atoms in total. The number of hydrogen-bond donors (Lipinski definition) is 1. The number of nitrogens with zero attached hydrogens (tertiary/aromatic N) is 3. The van der Waals surface area contributed by atoms with E-state index >= 15 is 0 Å². The van der Waals surface area contributed by atoms with Gasteiger partial charge in [0.2, 0.25) is 10.0 Å². The minimum atomic E-state index is -3.86. The number of benzene rings is 1. The van der Waals surface area contributed by atoms with Gasteiger partial charge in [0, 0.05) is 56.0 Å². The van der Waals surface area contributed by atoms with Gasteiger partial charge in [-0.05, 0) is 55.8 Å². The number of hydrogen-bond acceptors (Lipinski definition) is 6. The lowest BCUT2D eigenvalue weighted by molar-refractivity contribution is 0.0733. The summed E-state index contributed by atoms with van der Waals surface area (Å²) < 4.78 is 35.0. The molecule has 2 aromatic rings. The summed E-state index contributed by atoms with van der Waals surface area (Å²) in [5, 5.41) is 9.81. The first-order valence-electron chi connectivity index (χ1n) is 12.1. The largest absolute Gasteiger partial charge is 0.487 e. The monoisotopic (exact) mass is 499 g/mol. The quantitative estimate of drug-likeness (QED) is 0.588. The Morgan fingerprint density at radius 2 is 1.94 bits per heavy atom. The molecular weight excluding hydrogens is 462 g/mol. The molecule has 35 heavy (non-hydrogen) atoms. The Bertz CT molecular complexity index is 1140. The summed E-state index contributed by atoms with van der Waals surface area (Å²) in [7, 11) is -1.84. The van der Waals surface area contributed by atoms with Crippen molar-refractivity contribution < 1.29 is 18.3 Å². The average Bonchev–Trinajstić information content (AvgIpc) is 2.81. The maximum Gasteiger partial charge on any atom is 0.247 e. The predicted molar refractivity (Wildman–Crippen MR) is 137 cm³/mol. The smallest absolute Gasteiger partial charge is 0.247 e. The van der Waals surface area contributed by atoms with Gasteiger partial charge in [0.15, 0.2) is 0 Å². The minimum absolute atomic E-state index is 0.109. The van der Waals surface area contributed by atoms with E-state index in [1.807, 2.05) is 26.1 Å². The maximum atomic E-state index is 13.6. The zero-order valence-electron chi connectivity index (χ0n) is 21.3. The molecule has 0 spiro atoms. The topological polar surface area (TPSA) is 83.0 Å². The Hall–Kier alpha value is -2.44. The molecule has 0 unspecified atom stereocenters. The first-order chi connectivity index (χ1) is 16.6. The van der Waals surface area contributed by atoms with E-state index in [0.717, 1.165) is 24.1 Å². The number of aromatic nitrogens is 1. The van der Waals surface area contributed by atoms with Crippen LogP contribution in [0.1, 0.15) is 45.2 Å². The number of likely N-dealkylation sites (N-methyl/N-ethyl adjacent to an activating group) is 1.